The van der Waals surface area contributed by atoms with Crippen molar-refractivity contribution in [1.82, 2.24) is 10.6 Å². The predicted molar refractivity (Wildman–Crippen MR) is 111 cm³/mol. The van der Waals surface area contributed by atoms with Gasteiger partial charge in [-0.2, -0.15) is 0 Å². The molecule has 0 bridgehead atoms. The Bertz CT molecular complexity index is 836. The molecule has 0 radical (unpaired) electrons. The van der Waals surface area contributed by atoms with Crippen LogP contribution in [0.3, 0.4) is 0 Å². The summed E-state index contributed by atoms with van der Waals surface area (Å²) in [6.45, 7) is 2.74. The first kappa shape index (κ1) is 21.0. The van der Waals surface area contributed by atoms with Crippen molar-refractivity contribution < 1.29 is 14.4 Å². The molecule has 0 aliphatic rings. The summed E-state index contributed by atoms with van der Waals surface area (Å²) in [5.74, 6) is -0.609. The highest BCUT2D eigenvalue weighted by atomic mass is 16.2. The molecule has 0 aliphatic heterocycles. The van der Waals surface area contributed by atoms with Crippen LogP contribution in [0.5, 0.6) is 0 Å². The van der Waals surface area contributed by atoms with Crippen LogP contribution in [0.25, 0.3) is 0 Å². The van der Waals surface area contributed by atoms with Gasteiger partial charge in [0.1, 0.15) is 0 Å². The fourth-order valence-electron chi connectivity index (χ4n) is 2.52. The average Bonchev–Trinajstić information content (AvgIpc) is 2.72. The molecule has 2 aromatic carbocycles. The zero-order valence-corrected chi connectivity index (χ0v) is 16.2. The monoisotopic (exact) mass is 382 g/mol. The molecule has 148 valence electrons. The Labute approximate surface area is 164 Å². The summed E-state index contributed by atoms with van der Waals surface area (Å²) < 4.78 is 0. The molecule has 0 saturated carbocycles. The average molecular weight is 382 g/mol. The fraction of sp³-hybridized carbons (Fsp3) is 0.286. The zero-order valence-electron chi connectivity index (χ0n) is 16.2. The molecule has 2 aromatic rings. The van der Waals surface area contributed by atoms with Crippen LogP contribution in [-0.2, 0) is 4.79 Å². The van der Waals surface area contributed by atoms with E-state index in [1.165, 1.54) is 0 Å². The van der Waals surface area contributed by atoms with Crippen LogP contribution >= 0.6 is 0 Å². The van der Waals surface area contributed by atoms with E-state index in [0.717, 1.165) is 12.8 Å². The van der Waals surface area contributed by atoms with Gasteiger partial charge in [0.25, 0.3) is 11.8 Å². The molecule has 0 saturated heterocycles. The first-order valence-corrected chi connectivity index (χ1v) is 9.27. The summed E-state index contributed by atoms with van der Waals surface area (Å²) in [5.41, 5.74) is 2.23. The molecule has 28 heavy (non-hydrogen) atoms. The molecule has 0 fully saturated rings. The maximum absolute atomic E-state index is 12.2. The summed E-state index contributed by atoms with van der Waals surface area (Å²) >= 11 is 0. The maximum Gasteiger partial charge on any atom is 0.251 e. The Morgan fingerprint density at radius 1 is 0.893 bits per heavy atom. The van der Waals surface area contributed by atoms with Crippen LogP contribution in [0, 0.1) is 0 Å². The second-order valence-corrected chi connectivity index (χ2v) is 6.25. The molecular formula is C21H26N4O3. The Morgan fingerprint density at radius 3 is 2.21 bits per heavy atom. The third-order valence-corrected chi connectivity index (χ3v) is 4.03. The van der Waals surface area contributed by atoms with Gasteiger partial charge >= 0.3 is 0 Å². The molecule has 0 heterocycles. The van der Waals surface area contributed by atoms with Crippen LogP contribution in [0.1, 0.15) is 40.5 Å². The van der Waals surface area contributed by atoms with Crippen LogP contribution in [0.15, 0.2) is 48.5 Å². The summed E-state index contributed by atoms with van der Waals surface area (Å²) in [5, 5.41) is 11.2. The highest BCUT2D eigenvalue weighted by Crippen LogP contribution is 2.12. The van der Waals surface area contributed by atoms with Crippen molar-refractivity contribution >= 4 is 29.1 Å². The van der Waals surface area contributed by atoms with Gasteiger partial charge in [0.05, 0.1) is 6.54 Å². The van der Waals surface area contributed by atoms with Crippen LogP contribution in [0.2, 0.25) is 0 Å². The number of nitrogens with one attached hydrogen (secondary N) is 4. The molecular weight excluding hydrogens is 356 g/mol. The first-order chi connectivity index (χ1) is 13.5. The fourth-order valence-corrected chi connectivity index (χ4v) is 2.52. The zero-order chi connectivity index (χ0) is 20.4. The quantitative estimate of drug-likeness (QED) is 0.501. The van der Waals surface area contributed by atoms with E-state index >= 15 is 0 Å². The number of anilines is 2. The van der Waals surface area contributed by atoms with E-state index in [4.69, 9.17) is 0 Å². The number of amides is 3. The Hall–Kier alpha value is -3.35. The van der Waals surface area contributed by atoms with Crippen LogP contribution < -0.4 is 21.3 Å². The Balaban J connectivity index is 1.90. The second-order valence-electron chi connectivity index (χ2n) is 6.25. The van der Waals surface area contributed by atoms with Crippen molar-refractivity contribution in [3.63, 3.8) is 0 Å². The lowest BCUT2D eigenvalue weighted by Gasteiger charge is -2.10. The third kappa shape index (κ3) is 6.42. The van der Waals surface area contributed by atoms with E-state index in [1.807, 2.05) is 0 Å². The molecule has 7 nitrogen and oxygen atoms in total. The molecule has 3 amide bonds. The van der Waals surface area contributed by atoms with E-state index in [2.05, 4.69) is 28.2 Å². The minimum Gasteiger partial charge on any atom is -0.376 e. The first-order valence-electron chi connectivity index (χ1n) is 9.27. The molecule has 0 atom stereocenters. The topological polar surface area (TPSA) is 99.3 Å². The van der Waals surface area contributed by atoms with Gasteiger partial charge in [0, 0.05) is 36.1 Å². The third-order valence-electron chi connectivity index (χ3n) is 4.03. The van der Waals surface area contributed by atoms with E-state index in [0.29, 0.717) is 29.0 Å². The molecule has 2 rings (SSSR count). The standard InChI is InChI=1S/C21H26N4O3/c1-3-4-11-23-21(28)16-8-5-9-17(12-16)24-14-19(26)25-18-10-6-7-15(13-18)20(27)22-2/h5-10,12-13,24H,3-4,11,14H2,1-2H3,(H,22,27)(H,23,28)(H,25,26). The largest absolute Gasteiger partial charge is 0.376 e. The van der Waals surface area contributed by atoms with Crippen LogP contribution in [0.4, 0.5) is 11.4 Å². The lowest BCUT2D eigenvalue weighted by atomic mass is 10.2. The van der Waals surface area contributed by atoms with E-state index in [-0.39, 0.29) is 24.3 Å². The molecule has 4 N–H and O–H groups in total. The van der Waals surface area contributed by atoms with Crippen molar-refractivity contribution in [1.29, 1.82) is 0 Å². The van der Waals surface area contributed by atoms with Crippen molar-refractivity contribution in [3.05, 3.63) is 59.7 Å². The lowest BCUT2D eigenvalue weighted by Crippen LogP contribution is -2.25. The number of benzene rings is 2. The minimum atomic E-state index is -0.258. The number of rotatable bonds is 9. The summed E-state index contributed by atoms with van der Waals surface area (Å²) in [7, 11) is 1.55. The van der Waals surface area contributed by atoms with E-state index < -0.39 is 0 Å². The predicted octanol–water partition coefficient (Wildman–Crippen LogP) is 2.63. The number of hydrogen-bond acceptors (Lipinski definition) is 4. The van der Waals surface area contributed by atoms with Gasteiger partial charge in [0.2, 0.25) is 5.91 Å². The summed E-state index contributed by atoms with van der Waals surface area (Å²) in [6.07, 6.45) is 1.95. The van der Waals surface area contributed by atoms with E-state index in [9.17, 15) is 14.4 Å². The van der Waals surface area contributed by atoms with Gasteiger partial charge in [-0.3, -0.25) is 14.4 Å². The molecule has 7 heteroatoms. The second kappa shape index (κ2) is 10.7. The summed E-state index contributed by atoms with van der Waals surface area (Å²) in [6, 6.07) is 13.7. The van der Waals surface area contributed by atoms with Crippen molar-refractivity contribution in [2.45, 2.75) is 19.8 Å². The SMILES string of the molecule is CCCCNC(=O)c1cccc(NCC(=O)Nc2cccc(C(=O)NC)c2)c1. The molecule has 0 aliphatic carbocycles. The highest BCUT2D eigenvalue weighted by molar-refractivity contribution is 5.98. The number of hydrogen-bond donors (Lipinski definition) is 4. The number of carbonyl (C=O) groups excluding carboxylic acids is 3. The minimum absolute atomic E-state index is 0.0328. The summed E-state index contributed by atoms with van der Waals surface area (Å²) in [4.78, 5) is 36.0. The lowest BCUT2D eigenvalue weighted by molar-refractivity contribution is -0.114. The molecule has 0 aromatic heterocycles. The van der Waals surface area contributed by atoms with Crippen molar-refractivity contribution in [2.75, 3.05) is 30.8 Å². The van der Waals surface area contributed by atoms with Gasteiger partial charge in [0.15, 0.2) is 0 Å². The molecule has 0 unspecified atom stereocenters. The van der Waals surface area contributed by atoms with Crippen LogP contribution in [-0.4, -0.2) is 37.9 Å². The van der Waals surface area contributed by atoms with E-state index in [1.54, 1.807) is 55.6 Å². The normalized spacial score (nSPS) is 10.1. The molecule has 0 spiro atoms. The number of unbranched alkanes of at least 4 members (excludes halogenated alkanes) is 1. The highest BCUT2D eigenvalue weighted by Gasteiger charge is 2.08. The van der Waals surface area contributed by atoms with Gasteiger partial charge in [-0.05, 0) is 42.8 Å². The van der Waals surface area contributed by atoms with Gasteiger partial charge in [-0.15, -0.1) is 0 Å². The smallest absolute Gasteiger partial charge is 0.251 e. The van der Waals surface area contributed by atoms with Gasteiger partial charge in [-0.25, -0.2) is 0 Å². The van der Waals surface area contributed by atoms with Crippen molar-refractivity contribution in [2.24, 2.45) is 0 Å². The maximum atomic E-state index is 12.2. The Morgan fingerprint density at radius 2 is 1.54 bits per heavy atom. The Kier molecular flexibility index (Phi) is 8.02. The van der Waals surface area contributed by atoms with Gasteiger partial charge in [-0.1, -0.05) is 25.5 Å². The van der Waals surface area contributed by atoms with Gasteiger partial charge < -0.3 is 21.3 Å². The number of carbonyl (C=O) groups is 3. The van der Waals surface area contributed by atoms with Crippen molar-refractivity contribution in [3.8, 4) is 0 Å².